The zero-order valence-electron chi connectivity index (χ0n) is 17.7. The van der Waals surface area contributed by atoms with Crippen molar-refractivity contribution in [3.05, 3.63) is 70.2 Å². The zero-order valence-corrected chi connectivity index (χ0v) is 17.7. The Labute approximate surface area is 173 Å². The highest BCUT2D eigenvalue weighted by atomic mass is 19.1. The lowest BCUT2D eigenvalue weighted by atomic mass is 9.86. The highest BCUT2D eigenvalue weighted by Gasteiger charge is 2.37. The van der Waals surface area contributed by atoms with Crippen molar-refractivity contribution < 1.29 is 9.18 Å². The lowest BCUT2D eigenvalue weighted by Gasteiger charge is -2.18. The second kappa shape index (κ2) is 7.76. The molecule has 4 rings (SSSR count). The highest BCUT2D eigenvalue weighted by molar-refractivity contribution is 6.04. The van der Waals surface area contributed by atoms with Gasteiger partial charge in [0.15, 0.2) is 5.78 Å². The third-order valence-electron chi connectivity index (χ3n) is 7.11. The Morgan fingerprint density at radius 3 is 2.52 bits per heavy atom. The molecule has 2 aromatic rings. The first-order valence-corrected chi connectivity index (χ1v) is 10.9. The second-order valence-electron chi connectivity index (χ2n) is 8.48. The maximum Gasteiger partial charge on any atom is 0.163 e. The molecule has 2 aliphatic carbocycles. The Morgan fingerprint density at radius 2 is 1.83 bits per heavy atom. The summed E-state index contributed by atoms with van der Waals surface area (Å²) in [5, 5.41) is 0. The number of allylic oxidation sites excluding steroid dienone is 1. The predicted octanol–water partition coefficient (Wildman–Crippen LogP) is 7.47. The summed E-state index contributed by atoms with van der Waals surface area (Å²) in [4.78, 5) is 12.3. The molecule has 0 radical (unpaired) electrons. The summed E-state index contributed by atoms with van der Waals surface area (Å²) in [5.74, 6) is 0.908. The minimum atomic E-state index is -0.185. The Hall–Kier alpha value is -2.44. The molecule has 150 valence electrons. The molecule has 1 nitrogen and oxygen atoms in total. The first-order valence-electron chi connectivity index (χ1n) is 10.9. The van der Waals surface area contributed by atoms with Crippen LogP contribution in [-0.4, -0.2) is 5.78 Å². The van der Waals surface area contributed by atoms with Crippen molar-refractivity contribution >= 4 is 11.4 Å². The normalized spacial score (nSPS) is 16.6. The molecule has 2 heteroatoms. The van der Waals surface area contributed by atoms with E-state index in [0.717, 1.165) is 47.1 Å². The van der Waals surface area contributed by atoms with E-state index in [1.807, 2.05) is 19.1 Å². The van der Waals surface area contributed by atoms with Gasteiger partial charge in [0.2, 0.25) is 0 Å². The molecule has 1 atom stereocenters. The second-order valence-corrected chi connectivity index (χ2v) is 8.48. The third-order valence-corrected chi connectivity index (χ3v) is 7.11. The van der Waals surface area contributed by atoms with Gasteiger partial charge < -0.3 is 0 Å². The van der Waals surface area contributed by atoms with Crippen molar-refractivity contribution in [3.8, 4) is 11.1 Å². The van der Waals surface area contributed by atoms with Crippen LogP contribution in [0.3, 0.4) is 0 Å². The number of carbonyl (C=O) groups excluding carboxylic acids is 1. The first kappa shape index (κ1) is 19.9. The molecule has 0 aliphatic heterocycles. The van der Waals surface area contributed by atoms with E-state index in [2.05, 4.69) is 38.3 Å². The number of Topliss-reactive ketones (excluding diaryl/α,β-unsaturated/α-hetero) is 1. The van der Waals surface area contributed by atoms with Crippen LogP contribution in [0.25, 0.3) is 16.7 Å². The number of hydrogen-bond acceptors (Lipinski definition) is 1. The highest BCUT2D eigenvalue weighted by Crippen LogP contribution is 2.52. The summed E-state index contributed by atoms with van der Waals surface area (Å²) < 4.78 is 15.8. The Kier molecular flexibility index (Phi) is 5.32. The topological polar surface area (TPSA) is 17.1 Å². The molecular formula is C27H29FO. The molecule has 0 saturated heterocycles. The smallest absolute Gasteiger partial charge is 0.163 e. The van der Waals surface area contributed by atoms with Gasteiger partial charge in [-0.25, -0.2) is 4.39 Å². The van der Waals surface area contributed by atoms with Crippen LogP contribution in [-0.2, 0) is 6.42 Å². The number of rotatable bonds is 6. The first-order chi connectivity index (χ1) is 14.0. The van der Waals surface area contributed by atoms with Gasteiger partial charge in [-0.2, -0.15) is 0 Å². The van der Waals surface area contributed by atoms with Gasteiger partial charge in [-0.05, 0) is 54.4 Å². The van der Waals surface area contributed by atoms with Crippen LogP contribution in [0.4, 0.5) is 4.39 Å². The van der Waals surface area contributed by atoms with Crippen LogP contribution in [0.1, 0.15) is 91.4 Å². The van der Waals surface area contributed by atoms with Crippen molar-refractivity contribution in [3.63, 3.8) is 0 Å². The van der Waals surface area contributed by atoms with E-state index in [1.165, 1.54) is 18.4 Å². The molecule has 0 aromatic heterocycles. The Morgan fingerprint density at radius 1 is 1.14 bits per heavy atom. The molecular weight excluding hydrogens is 359 g/mol. The average Bonchev–Trinajstić information content (AvgIpc) is 3.27. The molecule has 1 unspecified atom stereocenters. The lowest BCUT2D eigenvalue weighted by molar-refractivity contribution is 0.0994. The number of fused-ring (bicyclic) bond motifs is 5. The minimum absolute atomic E-state index is 0.184. The molecule has 0 heterocycles. The van der Waals surface area contributed by atoms with Crippen molar-refractivity contribution in [1.29, 1.82) is 0 Å². The van der Waals surface area contributed by atoms with Crippen molar-refractivity contribution in [2.75, 3.05) is 0 Å². The number of ketones is 1. The van der Waals surface area contributed by atoms with Gasteiger partial charge in [0.05, 0.1) is 0 Å². The van der Waals surface area contributed by atoms with Crippen LogP contribution in [0.15, 0.2) is 36.6 Å². The summed E-state index contributed by atoms with van der Waals surface area (Å²) >= 11 is 0. The monoisotopic (exact) mass is 388 g/mol. The SMILES string of the molecule is C=C=C(C)c1ccc2c(c1F)-c1c(ccc3c1CCC3=O)C2CCC(CC)CC. The number of halogens is 1. The molecule has 0 fully saturated rings. The third kappa shape index (κ3) is 3.11. The van der Waals surface area contributed by atoms with Gasteiger partial charge in [0.1, 0.15) is 5.82 Å². The average molecular weight is 389 g/mol. The van der Waals surface area contributed by atoms with E-state index in [9.17, 15) is 4.79 Å². The van der Waals surface area contributed by atoms with E-state index >= 15 is 4.39 Å². The molecule has 0 amide bonds. The van der Waals surface area contributed by atoms with Crippen molar-refractivity contribution in [2.24, 2.45) is 5.92 Å². The van der Waals surface area contributed by atoms with Gasteiger partial charge in [0.25, 0.3) is 0 Å². The summed E-state index contributed by atoms with van der Waals surface area (Å²) in [5.41, 5.74) is 9.95. The summed E-state index contributed by atoms with van der Waals surface area (Å²) in [6.45, 7) is 10.0. The minimum Gasteiger partial charge on any atom is -0.294 e. The largest absolute Gasteiger partial charge is 0.294 e. The fraction of sp³-hybridized carbons (Fsp3) is 0.407. The maximum atomic E-state index is 15.8. The molecule has 2 aliphatic rings. The molecule has 29 heavy (non-hydrogen) atoms. The van der Waals surface area contributed by atoms with Gasteiger partial charge in [0, 0.05) is 34.6 Å². The van der Waals surface area contributed by atoms with E-state index in [1.54, 1.807) is 0 Å². The van der Waals surface area contributed by atoms with Gasteiger partial charge in [-0.3, -0.25) is 4.79 Å². The molecule has 0 saturated carbocycles. The zero-order chi connectivity index (χ0) is 20.7. The lowest BCUT2D eigenvalue weighted by Crippen LogP contribution is -2.03. The van der Waals surface area contributed by atoms with E-state index in [0.29, 0.717) is 23.5 Å². The van der Waals surface area contributed by atoms with Crippen LogP contribution >= 0.6 is 0 Å². The van der Waals surface area contributed by atoms with Crippen LogP contribution in [0.5, 0.6) is 0 Å². The van der Waals surface area contributed by atoms with Gasteiger partial charge >= 0.3 is 0 Å². The van der Waals surface area contributed by atoms with Gasteiger partial charge in [-0.15, -0.1) is 5.73 Å². The van der Waals surface area contributed by atoms with E-state index in [-0.39, 0.29) is 17.5 Å². The quantitative estimate of drug-likeness (QED) is 0.469. The van der Waals surface area contributed by atoms with Crippen LogP contribution in [0.2, 0.25) is 0 Å². The number of benzene rings is 2. The molecule has 0 N–H and O–H groups in total. The van der Waals surface area contributed by atoms with Crippen molar-refractivity contribution in [2.45, 2.75) is 65.2 Å². The summed E-state index contributed by atoms with van der Waals surface area (Å²) in [6, 6.07) is 8.04. The fourth-order valence-electron chi connectivity index (χ4n) is 5.24. The number of hydrogen-bond donors (Lipinski definition) is 0. The van der Waals surface area contributed by atoms with Crippen molar-refractivity contribution in [1.82, 2.24) is 0 Å². The Balaban J connectivity index is 1.90. The van der Waals surface area contributed by atoms with Crippen LogP contribution in [0, 0.1) is 11.7 Å². The molecule has 2 aromatic carbocycles. The summed E-state index contributed by atoms with van der Waals surface area (Å²) in [6.07, 6.45) is 5.77. The van der Waals surface area contributed by atoms with E-state index in [4.69, 9.17) is 0 Å². The molecule has 0 bridgehead atoms. The summed E-state index contributed by atoms with van der Waals surface area (Å²) in [7, 11) is 0. The number of carbonyl (C=O) groups is 1. The molecule has 0 spiro atoms. The standard InChI is InChI=1S/C27H29FO/c1-5-16(4)18-10-12-22-19(9-8-17(6-2)7-3)21-13-11-20-23(14-15-24(20)29)25(21)26(22)27(18)28/h10-13,17,19H,1,6-9,14-15H2,2-4H3. The van der Waals surface area contributed by atoms with Gasteiger partial charge in [-0.1, -0.05) is 57.5 Å². The maximum absolute atomic E-state index is 15.8. The Bertz CT molecular complexity index is 1030. The van der Waals surface area contributed by atoms with E-state index < -0.39 is 0 Å². The fourth-order valence-corrected chi connectivity index (χ4v) is 5.24. The predicted molar refractivity (Wildman–Crippen MR) is 118 cm³/mol. The van der Waals surface area contributed by atoms with Crippen LogP contribution < -0.4 is 0 Å².